The molecular weight excluding hydrogens is 903 g/mol. The number of aliphatic hydroxyl groups is 1. The van der Waals surface area contributed by atoms with Crippen LogP contribution < -0.4 is 16.0 Å². The lowest BCUT2D eigenvalue weighted by atomic mass is 9.85. The van der Waals surface area contributed by atoms with Gasteiger partial charge in [0.15, 0.2) is 5.82 Å². The number of rotatable bonds is 18. The second kappa shape index (κ2) is 21.7. The highest BCUT2D eigenvalue weighted by Gasteiger charge is 2.45. The maximum Gasteiger partial charge on any atom is 0.246 e. The summed E-state index contributed by atoms with van der Waals surface area (Å²) in [6.07, 6.45) is -0.223. The molecule has 2 aromatic carbocycles. The zero-order chi connectivity index (χ0) is 48.9. The summed E-state index contributed by atoms with van der Waals surface area (Å²) in [5.74, 6) is -0.136. The fraction of sp³-hybridized carbons (Fsp3) is 0.480. The summed E-state index contributed by atoms with van der Waals surface area (Å²) in [6.45, 7) is 18.3. The summed E-state index contributed by atoms with van der Waals surface area (Å²) in [5.41, 5.74) is 9.14. The minimum Gasteiger partial charge on any atom is -0.391 e. The molecule has 0 bridgehead atoms. The van der Waals surface area contributed by atoms with Crippen molar-refractivity contribution in [3.8, 4) is 15.4 Å². The first-order valence-electron chi connectivity index (χ1n) is 23.1. The van der Waals surface area contributed by atoms with Crippen LogP contribution in [-0.4, -0.2) is 117 Å². The van der Waals surface area contributed by atoms with E-state index in [2.05, 4.69) is 69.2 Å². The van der Waals surface area contributed by atoms with Crippen molar-refractivity contribution < 1.29 is 33.8 Å². The predicted molar refractivity (Wildman–Crippen MR) is 263 cm³/mol. The van der Waals surface area contributed by atoms with Crippen LogP contribution in [0, 0.1) is 40.0 Å². The summed E-state index contributed by atoms with van der Waals surface area (Å²) in [6, 6.07) is 13.4. The van der Waals surface area contributed by atoms with E-state index in [0.717, 1.165) is 60.5 Å². The van der Waals surface area contributed by atoms with E-state index in [-0.39, 0.29) is 57.1 Å². The van der Waals surface area contributed by atoms with Crippen molar-refractivity contribution in [3.05, 3.63) is 104 Å². The third kappa shape index (κ3) is 11.6. The van der Waals surface area contributed by atoms with Crippen LogP contribution in [0.25, 0.3) is 15.4 Å². The number of aryl methyl sites for hydroxylation is 4. The van der Waals surface area contributed by atoms with E-state index in [1.54, 1.807) is 22.7 Å². The van der Waals surface area contributed by atoms with Gasteiger partial charge in [0.1, 0.15) is 35.6 Å². The van der Waals surface area contributed by atoms with Gasteiger partial charge in [-0.1, -0.05) is 74.9 Å². The number of nitrogens with one attached hydrogen (secondary N) is 3. The SMILES string of the molecule is Cc1ccc(C2=N[C@@H](CC(=O)NCCOCCCOCC(=O)N[C@H](C(=O)N3C[C@H](O)C[C@H]3C(=O)N[C@@H](C)c3ccc(-c4scnc4C)cc3)C(C)(C)C)c3nnc(C)n3-c3sc(C)c(C)c32)cc1. The number of aliphatic imine (C=N–C) groups is 1. The molecule has 4 N–H and O–H groups in total. The number of fused-ring (bicyclic) bond motifs is 3. The van der Waals surface area contributed by atoms with Gasteiger partial charge in [0, 0.05) is 48.7 Å². The number of nitrogens with zero attached hydrogens (tertiary/aromatic N) is 6. The minimum absolute atomic E-state index is 0.0268. The summed E-state index contributed by atoms with van der Waals surface area (Å²) < 4.78 is 13.4. The topological polar surface area (TPSA) is 202 Å². The molecule has 5 heterocycles. The fourth-order valence-electron chi connectivity index (χ4n) is 8.49. The van der Waals surface area contributed by atoms with Crippen LogP contribution in [0.3, 0.4) is 0 Å². The van der Waals surface area contributed by atoms with E-state index in [9.17, 15) is 24.3 Å². The molecule has 3 aromatic heterocycles. The van der Waals surface area contributed by atoms with Crippen molar-refractivity contribution in [2.75, 3.05) is 39.5 Å². The first-order valence-corrected chi connectivity index (χ1v) is 24.8. The van der Waals surface area contributed by atoms with Gasteiger partial charge in [-0.25, -0.2) is 4.98 Å². The molecule has 7 rings (SSSR count). The smallest absolute Gasteiger partial charge is 0.246 e. The van der Waals surface area contributed by atoms with Crippen LogP contribution in [0.1, 0.15) is 109 Å². The van der Waals surface area contributed by atoms with Crippen molar-refractivity contribution >= 4 is 52.0 Å². The fourth-order valence-corrected chi connectivity index (χ4v) is 10.5. The number of β-amino-alcohol motifs (C(OH)–C–C–N with tert-alkyl or cyclic N) is 1. The average molecular weight is 966 g/mol. The average Bonchev–Trinajstić information content (AvgIpc) is 4.07. The Kier molecular flexibility index (Phi) is 16.1. The zero-order valence-electron chi connectivity index (χ0n) is 40.3. The molecule has 0 saturated carbocycles. The first-order chi connectivity index (χ1) is 32.4. The molecule has 4 amide bonds. The maximum absolute atomic E-state index is 14.1. The van der Waals surface area contributed by atoms with Gasteiger partial charge >= 0.3 is 0 Å². The molecule has 362 valence electrons. The van der Waals surface area contributed by atoms with E-state index >= 15 is 0 Å². The second-order valence-corrected chi connectivity index (χ2v) is 20.8. The Bertz CT molecular complexity index is 2630. The second-order valence-electron chi connectivity index (χ2n) is 18.7. The Morgan fingerprint density at radius 1 is 0.897 bits per heavy atom. The summed E-state index contributed by atoms with van der Waals surface area (Å²) in [4.78, 5) is 67.4. The Labute approximate surface area is 406 Å². The van der Waals surface area contributed by atoms with Gasteiger partial charge in [0.25, 0.3) is 0 Å². The highest BCUT2D eigenvalue weighted by molar-refractivity contribution is 7.15. The van der Waals surface area contributed by atoms with Crippen LogP contribution in [0.5, 0.6) is 0 Å². The van der Waals surface area contributed by atoms with E-state index in [1.807, 2.05) is 82.8 Å². The molecule has 0 aliphatic carbocycles. The highest BCUT2D eigenvalue weighted by Crippen LogP contribution is 2.40. The first kappa shape index (κ1) is 50.2. The molecule has 0 unspecified atom stereocenters. The van der Waals surface area contributed by atoms with E-state index in [0.29, 0.717) is 25.4 Å². The zero-order valence-corrected chi connectivity index (χ0v) is 42.0. The van der Waals surface area contributed by atoms with Gasteiger partial charge in [0.2, 0.25) is 23.6 Å². The van der Waals surface area contributed by atoms with Crippen LogP contribution in [0.15, 0.2) is 59.0 Å². The number of thiazole rings is 1. The van der Waals surface area contributed by atoms with Gasteiger partial charge in [-0.05, 0) is 70.1 Å². The lowest BCUT2D eigenvalue weighted by Crippen LogP contribution is -2.58. The van der Waals surface area contributed by atoms with Crippen LogP contribution in [0.4, 0.5) is 0 Å². The standard InChI is InChI=1S/C50H63N9O7S2/c1-28-11-13-35(14-12-28)43-42-29(2)32(5)68-49(42)59-33(6)56-57-46(59)38(54-43)24-40(61)51-19-22-65-20-10-21-66-26-41(62)55-45(50(7,8)9)48(64)58-25-37(60)23-39(58)47(63)53-30(3)34-15-17-36(18-16-34)44-31(4)52-27-67-44/h11-18,27,30,37-39,45,60H,10,19-26H2,1-9H3,(H,51,61)(H,53,63)(H,55,62)/t30-,37+,38-,39-,45+/m0/s1. The van der Waals surface area contributed by atoms with Crippen molar-refractivity contribution in [1.82, 2.24) is 40.6 Å². The van der Waals surface area contributed by atoms with Crippen molar-refractivity contribution in [1.29, 1.82) is 0 Å². The number of benzene rings is 2. The van der Waals surface area contributed by atoms with E-state index in [4.69, 9.17) is 14.5 Å². The number of likely N-dealkylation sites (tertiary alicyclic amines) is 1. The Hall–Kier alpha value is -5.66. The molecule has 2 aliphatic rings. The molecule has 16 nitrogen and oxygen atoms in total. The number of ether oxygens (including phenoxy) is 2. The number of aliphatic hydroxyl groups excluding tert-OH is 1. The monoisotopic (exact) mass is 965 g/mol. The molecule has 18 heteroatoms. The lowest BCUT2D eigenvalue weighted by molar-refractivity contribution is -0.144. The molecule has 1 saturated heterocycles. The highest BCUT2D eigenvalue weighted by atomic mass is 32.1. The van der Waals surface area contributed by atoms with Gasteiger partial charge in [0.05, 0.1) is 47.0 Å². The molecule has 0 radical (unpaired) electrons. The van der Waals surface area contributed by atoms with E-state index in [1.165, 1.54) is 9.78 Å². The number of carbonyl (C=O) groups is 4. The quantitative estimate of drug-likeness (QED) is 0.0735. The lowest BCUT2D eigenvalue weighted by Gasteiger charge is -2.35. The van der Waals surface area contributed by atoms with Gasteiger partial charge in [-0.2, -0.15) is 0 Å². The summed E-state index contributed by atoms with van der Waals surface area (Å²) in [5, 5.41) is 29.3. The summed E-state index contributed by atoms with van der Waals surface area (Å²) in [7, 11) is 0. The number of hydrogen-bond acceptors (Lipinski definition) is 13. The van der Waals surface area contributed by atoms with Gasteiger partial charge in [-0.15, -0.1) is 32.9 Å². The third-order valence-corrected chi connectivity index (χ3v) is 14.6. The predicted octanol–water partition coefficient (Wildman–Crippen LogP) is 6.19. The molecule has 5 atom stereocenters. The van der Waals surface area contributed by atoms with Crippen LogP contribution in [0.2, 0.25) is 0 Å². The maximum atomic E-state index is 14.1. The number of carbonyl (C=O) groups excluding carboxylic acids is 4. The number of amides is 4. The molecule has 68 heavy (non-hydrogen) atoms. The van der Waals surface area contributed by atoms with Crippen molar-refractivity contribution in [3.63, 3.8) is 0 Å². The van der Waals surface area contributed by atoms with E-state index < -0.39 is 41.5 Å². The summed E-state index contributed by atoms with van der Waals surface area (Å²) >= 11 is 3.25. The molecule has 0 spiro atoms. The van der Waals surface area contributed by atoms with Gasteiger partial charge in [-0.3, -0.25) is 28.7 Å². The largest absolute Gasteiger partial charge is 0.391 e. The Balaban J connectivity index is 0.840. The molecule has 1 fully saturated rings. The molecule has 2 aliphatic heterocycles. The third-order valence-electron chi connectivity index (χ3n) is 12.4. The number of hydrogen-bond donors (Lipinski definition) is 4. The Morgan fingerprint density at radius 2 is 1.60 bits per heavy atom. The minimum atomic E-state index is -0.980. The normalized spacial score (nSPS) is 17.7. The molecular formula is C50H63N9O7S2. The number of thiophene rings is 1. The Morgan fingerprint density at radius 3 is 2.29 bits per heavy atom. The van der Waals surface area contributed by atoms with Crippen molar-refractivity contribution in [2.45, 2.75) is 112 Å². The van der Waals surface area contributed by atoms with Crippen LogP contribution in [-0.2, 0) is 28.7 Å². The van der Waals surface area contributed by atoms with Crippen molar-refractivity contribution in [2.24, 2.45) is 10.4 Å². The van der Waals surface area contributed by atoms with Crippen LogP contribution >= 0.6 is 22.7 Å². The van der Waals surface area contributed by atoms with Gasteiger partial charge < -0.3 is 35.4 Å². The molecule has 5 aromatic rings. The number of aromatic nitrogens is 4.